The van der Waals surface area contributed by atoms with Crippen LogP contribution < -0.4 is 4.74 Å². The van der Waals surface area contributed by atoms with Crippen molar-refractivity contribution in [1.82, 2.24) is 9.80 Å². The summed E-state index contributed by atoms with van der Waals surface area (Å²) in [5, 5.41) is 0. The molecule has 2 aromatic carbocycles. The number of nitrogens with zero attached hydrogens (tertiary/aromatic N) is 2. The molecular weight excluding hydrogens is 392 g/mol. The van der Waals surface area contributed by atoms with Gasteiger partial charge in [-0.15, -0.1) is 0 Å². The van der Waals surface area contributed by atoms with E-state index in [1.807, 2.05) is 50.2 Å². The van der Waals surface area contributed by atoms with Crippen LogP contribution in [0.25, 0.3) is 0 Å². The van der Waals surface area contributed by atoms with E-state index < -0.39 is 0 Å². The first-order chi connectivity index (χ1) is 15.0. The number of ether oxygens (including phenoxy) is 1. The highest BCUT2D eigenvalue weighted by molar-refractivity contribution is 5.98. The standard InChI is InChI=1S/C25H30N2O4/c1-3-31-22-10-6-20(7-11-22)18-25(30)27-16-14-26(15-17-27)24(29)13-12-23(28)21-8-4-19(2)5-9-21/h4-11H,3,12-18H2,1-2H3. The van der Waals surface area contributed by atoms with E-state index in [-0.39, 0.29) is 30.4 Å². The fourth-order valence-corrected chi connectivity index (χ4v) is 3.62. The molecule has 0 radical (unpaired) electrons. The number of hydrogen-bond donors (Lipinski definition) is 0. The smallest absolute Gasteiger partial charge is 0.227 e. The Morgan fingerprint density at radius 2 is 1.39 bits per heavy atom. The second kappa shape index (κ2) is 10.8. The molecule has 0 unspecified atom stereocenters. The van der Waals surface area contributed by atoms with Crippen LogP contribution in [0.15, 0.2) is 48.5 Å². The largest absolute Gasteiger partial charge is 0.494 e. The number of carbonyl (C=O) groups is 3. The van der Waals surface area contributed by atoms with E-state index in [0.29, 0.717) is 44.8 Å². The van der Waals surface area contributed by atoms with E-state index in [2.05, 4.69) is 0 Å². The highest BCUT2D eigenvalue weighted by atomic mass is 16.5. The third-order valence-corrected chi connectivity index (χ3v) is 5.51. The Labute approximate surface area is 183 Å². The zero-order chi connectivity index (χ0) is 22.2. The normalized spacial score (nSPS) is 13.7. The zero-order valence-electron chi connectivity index (χ0n) is 18.3. The van der Waals surface area contributed by atoms with Crippen molar-refractivity contribution in [2.24, 2.45) is 0 Å². The average Bonchev–Trinajstić information content (AvgIpc) is 2.79. The topological polar surface area (TPSA) is 66.9 Å². The molecule has 0 saturated carbocycles. The predicted molar refractivity (Wildman–Crippen MR) is 119 cm³/mol. The molecule has 0 N–H and O–H groups in total. The quantitative estimate of drug-likeness (QED) is 0.613. The maximum Gasteiger partial charge on any atom is 0.227 e. The number of rotatable bonds is 8. The fourth-order valence-electron chi connectivity index (χ4n) is 3.62. The van der Waals surface area contributed by atoms with Crippen molar-refractivity contribution in [3.63, 3.8) is 0 Å². The van der Waals surface area contributed by atoms with Crippen LogP contribution in [0, 0.1) is 6.92 Å². The molecule has 0 aromatic heterocycles. The minimum Gasteiger partial charge on any atom is -0.494 e. The van der Waals surface area contributed by atoms with Gasteiger partial charge in [-0.3, -0.25) is 14.4 Å². The lowest BCUT2D eigenvalue weighted by atomic mass is 10.0. The Morgan fingerprint density at radius 3 is 1.97 bits per heavy atom. The van der Waals surface area contributed by atoms with E-state index in [9.17, 15) is 14.4 Å². The van der Waals surface area contributed by atoms with E-state index in [4.69, 9.17) is 4.74 Å². The van der Waals surface area contributed by atoms with Gasteiger partial charge in [-0.25, -0.2) is 0 Å². The molecule has 2 amide bonds. The number of carbonyl (C=O) groups excluding carboxylic acids is 3. The van der Waals surface area contributed by atoms with E-state index >= 15 is 0 Å². The van der Waals surface area contributed by atoms with Crippen molar-refractivity contribution in [1.29, 1.82) is 0 Å². The average molecular weight is 423 g/mol. The molecule has 164 valence electrons. The molecule has 6 heteroatoms. The number of hydrogen-bond acceptors (Lipinski definition) is 4. The molecule has 3 rings (SSSR count). The minimum absolute atomic E-state index is 0.0162. The molecule has 1 saturated heterocycles. The molecule has 1 fully saturated rings. The maximum atomic E-state index is 12.6. The molecule has 1 aliphatic rings. The Bertz CT molecular complexity index is 898. The van der Waals surface area contributed by atoms with Crippen LogP contribution in [0.1, 0.15) is 41.3 Å². The molecule has 0 spiro atoms. The summed E-state index contributed by atoms with van der Waals surface area (Å²) in [7, 11) is 0. The molecule has 1 aliphatic heterocycles. The highest BCUT2D eigenvalue weighted by Crippen LogP contribution is 2.14. The van der Waals surface area contributed by atoms with Crippen molar-refractivity contribution in [2.75, 3.05) is 32.8 Å². The Kier molecular flexibility index (Phi) is 7.82. The highest BCUT2D eigenvalue weighted by Gasteiger charge is 2.24. The van der Waals surface area contributed by atoms with Crippen LogP contribution in [-0.4, -0.2) is 60.2 Å². The lowest BCUT2D eigenvalue weighted by Crippen LogP contribution is -2.51. The van der Waals surface area contributed by atoms with Crippen molar-refractivity contribution in [3.8, 4) is 5.75 Å². The first-order valence-electron chi connectivity index (χ1n) is 10.8. The molecule has 0 aliphatic carbocycles. The third-order valence-electron chi connectivity index (χ3n) is 5.51. The van der Waals surface area contributed by atoms with Gasteiger partial charge in [0, 0.05) is 44.6 Å². The van der Waals surface area contributed by atoms with Gasteiger partial charge in [-0.2, -0.15) is 0 Å². The van der Waals surface area contributed by atoms with Gasteiger partial charge in [-0.05, 0) is 31.5 Å². The Morgan fingerprint density at radius 1 is 0.806 bits per heavy atom. The summed E-state index contributed by atoms with van der Waals surface area (Å²) in [6.45, 7) is 6.58. The Hall–Kier alpha value is -3.15. The van der Waals surface area contributed by atoms with Gasteiger partial charge in [0.05, 0.1) is 13.0 Å². The van der Waals surface area contributed by atoms with Gasteiger partial charge in [0.2, 0.25) is 11.8 Å². The van der Waals surface area contributed by atoms with Crippen LogP contribution in [-0.2, 0) is 16.0 Å². The number of piperazine rings is 1. The summed E-state index contributed by atoms with van der Waals surface area (Å²) in [6.07, 6.45) is 0.747. The molecule has 0 atom stereocenters. The molecular formula is C25H30N2O4. The second-order valence-electron chi connectivity index (χ2n) is 7.80. The van der Waals surface area contributed by atoms with Crippen LogP contribution >= 0.6 is 0 Å². The minimum atomic E-state index is -0.0286. The van der Waals surface area contributed by atoms with Crippen LogP contribution in [0.2, 0.25) is 0 Å². The number of benzene rings is 2. The first kappa shape index (κ1) is 22.5. The summed E-state index contributed by atoms with van der Waals surface area (Å²) in [5.41, 5.74) is 2.69. The van der Waals surface area contributed by atoms with Gasteiger partial charge >= 0.3 is 0 Å². The van der Waals surface area contributed by atoms with Gasteiger partial charge in [0.25, 0.3) is 0 Å². The summed E-state index contributed by atoms with van der Waals surface area (Å²) in [6, 6.07) is 15.0. The fraction of sp³-hybridized carbons (Fsp3) is 0.400. The number of Topliss-reactive ketones (excluding diaryl/α,β-unsaturated/α-hetero) is 1. The lowest BCUT2D eigenvalue weighted by molar-refractivity contribution is -0.139. The SMILES string of the molecule is CCOc1ccc(CC(=O)N2CCN(C(=O)CCC(=O)c3ccc(C)cc3)CC2)cc1. The lowest BCUT2D eigenvalue weighted by Gasteiger charge is -2.35. The molecule has 0 bridgehead atoms. The van der Waals surface area contributed by atoms with Crippen LogP contribution in [0.3, 0.4) is 0 Å². The molecule has 31 heavy (non-hydrogen) atoms. The van der Waals surface area contributed by atoms with Crippen LogP contribution in [0.4, 0.5) is 0 Å². The van der Waals surface area contributed by atoms with Crippen molar-refractivity contribution >= 4 is 17.6 Å². The van der Waals surface area contributed by atoms with Crippen molar-refractivity contribution in [2.45, 2.75) is 33.1 Å². The van der Waals surface area contributed by atoms with Crippen LogP contribution in [0.5, 0.6) is 5.75 Å². The number of ketones is 1. The number of amides is 2. The molecule has 2 aromatic rings. The summed E-state index contributed by atoms with van der Waals surface area (Å²) >= 11 is 0. The van der Waals surface area contributed by atoms with E-state index in [1.165, 1.54) is 0 Å². The molecule has 6 nitrogen and oxygen atoms in total. The van der Waals surface area contributed by atoms with Gasteiger partial charge in [-0.1, -0.05) is 42.0 Å². The van der Waals surface area contributed by atoms with Crippen molar-refractivity contribution < 1.29 is 19.1 Å². The van der Waals surface area contributed by atoms with Gasteiger partial charge in [0.15, 0.2) is 5.78 Å². The Balaban J connectivity index is 1.41. The maximum absolute atomic E-state index is 12.6. The first-order valence-corrected chi connectivity index (χ1v) is 10.8. The summed E-state index contributed by atoms with van der Waals surface area (Å²) in [5.74, 6) is 0.814. The van der Waals surface area contributed by atoms with Gasteiger partial charge < -0.3 is 14.5 Å². The third kappa shape index (κ3) is 6.41. The number of aryl methyl sites for hydroxylation is 1. The summed E-state index contributed by atoms with van der Waals surface area (Å²) in [4.78, 5) is 40.9. The van der Waals surface area contributed by atoms with Gasteiger partial charge in [0.1, 0.15) is 5.75 Å². The summed E-state index contributed by atoms with van der Waals surface area (Å²) < 4.78 is 5.43. The van der Waals surface area contributed by atoms with E-state index in [0.717, 1.165) is 16.9 Å². The predicted octanol–water partition coefficient (Wildman–Crippen LogP) is 3.27. The monoisotopic (exact) mass is 422 g/mol. The van der Waals surface area contributed by atoms with E-state index in [1.54, 1.807) is 21.9 Å². The van der Waals surface area contributed by atoms with Crippen molar-refractivity contribution in [3.05, 3.63) is 65.2 Å². The zero-order valence-corrected chi connectivity index (χ0v) is 18.3. The molecule has 1 heterocycles. The second-order valence-corrected chi connectivity index (χ2v) is 7.80.